The molecule has 2 aliphatic rings. The highest BCUT2D eigenvalue weighted by Gasteiger charge is 2.57. The summed E-state index contributed by atoms with van der Waals surface area (Å²) in [6, 6.07) is 21.9. The molecule has 8 nitrogen and oxygen atoms in total. The molecule has 0 saturated carbocycles. The summed E-state index contributed by atoms with van der Waals surface area (Å²) in [5, 5.41) is 4.00. The molecule has 238 valence electrons. The molecule has 47 heavy (non-hydrogen) atoms. The number of thiazole rings is 1. The van der Waals surface area contributed by atoms with Crippen molar-refractivity contribution in [1.82, 2.24) is 4.98 Å². The number of hydrogen-bond acceptors (Lipinski definition) is 7. The molecule has 2 N–H and O–H groups in total. The number of nitrogens with one attached hydrogen (secondary N) is 2. The van der Waals surface area contributed by atoms with E-state index in [-0.39, 0.29) is 10.8 Å². The predicted molar refractivity (Wildman–Crippen MR) is 173 cm³/mol. The van der Waals surface area contributed by atoms with Gasteiger partial charge in [0.05, 0.1) is 22.2 Å². The summed E-state index contributed by atoms with van der Waals surface area (Å²) in [4.78, 5) is 56.7. The van der Waals surface area contributed by atoms with E-state index in [9.17, 15) is 32.3 Å². The third-order valence-electron chi connectivity index (χ3n) is 8.00. The van der Waals surface area contributed by atoms with E-state index >= 15 is 0 Å². The first kappa shape index (κ1) is 31.0. The van der Waals surface area contributed by atoms with Crippen LogP contribution in [0.1, 0.15) is 21.9 Å². The van der Waals surface area contributed by atoms with E-state index in [1.54, 1.807) is 6.07 Å². The molecule has 3 unspecified atom stereocenters. The lowest BCUT2D eigenvalue weighted by Crippen LogP contribution is -2.33. The van der Waals surface area contributed by atoms with Crippen molar-refractivity contribution in [1.29, 1.82) is 0 Å². The Balaban J connectivity index is 1.25. The molecule has 0 spiro atoms. The molecule has 4 aromatic carbocycles. The number of nitrogens with zero attached hydrogens (tertiary/aromatic N) is 1. The average molecular weight is 696 g/mol. The topological polar surface area (TPSA) is 109 Å². The van der Waals surface area contributed by atoms with Crippen LogP contribution in [-0.2, 0) is 20.6 Å². The second kappa shape index (κ2) is 11.9. The molecular weight excluding hydrogens is 675 g/mol. The number of aromatic nitrogens is 1. The third kappa shape index (κ3) is 5.57. The average Bonchev–Trinajstić information content (AvgIpc) is 3.54. The largest absolute Gasteiger partial charge is 0.483 e. The van der Waals surface area contributed by atoms with Crippen molar-refractivity contribution < 1.29 is 32.3 Å². The molecule has 2 aliphatic heterocycles. The van der Waals surface area contributed by atoms with Crippen LogP contribution in [0.15, 0.2) is 94.7 Å². The van der Waals surface area contributed by atoms with E-state index < -0.39 is 63.7 Å². The lowest BCUT2D eigenvalue weighted by molar-refractivity contribution is -0.137. The van der Waals surface area contributed by atoms with Crippen LogP contribution in [0.5, 0.6) is 5.75 Å². The van der Waals surface area contributed by atoms with Gasteiger partial charge in [-0.25, -0.2) is 4.90 Å². The molecule has 0 aliphatic carbocycles. The minimum atomic E-state index is -4.83. The lowest BCUT2D eigenvalue weighted by Gasteiger charge is -2.31. The summed E-state index contributed by atoms with van der Waals surface area (Å²) in [5.74, 6) is -4.25. The number of amides is 3. The van der Waals surface area contributed by atoms with Crippen LogP contribution in [-0.4, -0.2) is 34.6 Å². The number of carbonyl (C=O) groups excluding carboxylic acids is 3. The Morgan fingerprint density at radius 3 is 2.51 bits per heavy atom. The number of benzene rings is 4. The molecule has 0 radical (unpaired) electrons. The van der Waals surface area contributed by atoms with Crippen LogP contribution in [0, 0.1) is 5.92 Å². The molecule has 1 aromatic heterocycles. The first-order valence-electron chi connectivity index (χ1n) is 14.1. The van der Waals surface area contributed by atoms with Crippen molar-refractivity contribution in [2.24, 2.45) is 5.92 Å². The smallest absolute Gasteiger partial charge is 0.418 e. The van der Waals surface area contributed by atoms with E-state index in [2.05, 4.69) is 10.3 Å². The Kier molecular flexibility index (Phi) is 7.85. The van der Waals surface area contributed by atoms with E-state index in [0.29, 0.717) is 26.1 Å². The van der Waals surface area contributed by atoms with Gasteiger partial charge in [-0.15, -0.1) is 0 Å². The number of alkyl halides is 3. The molecule has 5 aromatic rings. The zero-order chi connectivity index (χ0) is 33.0. The number of anilines is 2. The molecule has 14 heteroatoms. The summed E-state index contributed by atoms with van der Waals surface area (Å²) >= 11 is 8.15. The maximum atomic E-state index is 14.1. The fraction of sp³-hybridized carbons (Fsp3) is 0.152. The Hall–Kier alpha value is -4.59. The number of halogens is 4. The van der Waals surface area contributed by atoms with Gasteiger partial charge in [0.1, 0.15) is 11.0 Å². The molecule has 3 amide bonds. The maximum absolute atomic E-state index is 14.1. The van der Waals surface area contributed by atoms with Crippen molar-refractivity contribution in [3.05, 3.63) is 116 Å². The molecule has 1 saturated heterocycles. The molecule has 7 rings (SSSR count). The molecule has 3 heterocycles. The predicted octanol–water partition coefficient (Wildman–Crippen LogP) is 7.08. The van der Waals surface area contributed by atoms with Crippen LogP contribution in [0.3, 0.4) is 0 Å². The van der Waals surface area contributed by atoms with Gasteiger partial charge in [-0.1, -0.05) is 83.2 Å². The van der Waals surface area contributed by atoms with Gasteiger partial charge in [-0.05, 0) is 41.8 Å². The Labute approximate surface area is 277 Å². The van der Waals surface area contributed by atoms with Gasteiger partial charge in [0.15, 0.2) is 6.61 Å². The van der Waals surface area contributed by atoms with Gasteiger partial charge >= 0.3 is 11.0 Å². The number of imide groups is 1. The van der Waals surface area contributed by atoms with Gasteiger partial charge in [0.2, 0.25) is 11.8 Å². The zero-order valence-electron chi connectivity index (χ0n) is 23.8. The number of para-hydroxylation sites is 1. The van der Waals surface area contributed by atoms with E-state index in [1.807, 2.05) is 36.4 Å². The number of rotatable bonds is 6. The standard InChI is InChI=1S/C33H21ClF3N3O5S2/c34-17-12-13-23(45-15-24(41)38-21-10-5-7-16-6-1-2-8-18(16)21)19(14-17)25-26-28(46-29-27(25)47-32(44)39-29)31(43)40(30(26)42)22-11-4-3-9-20(22)33(35,36)37/h1-14,25-26,28H,15H2,(H,38,41)(H,39,44). The van der Waals surface area contributed by atoms with Gasteiger partial charge in [-0.2, -0.15) is 13.2 Å². The Bertz CT molecular complexity index is 2140. The van der Waals surface area contributed by atoms with Crippen LogP contribution < -0.4 is 19.8 Å². The molecule has 1 fully saturated rings. The third-order valence-corrected chi connectivity index (χ3v) is 10.6. The van der Waals surface area contributed by atoms with Crippen LogP contribution >= 0.6 is 34.7 Å². The van der Waals surface area contributed by atoms with Gasteiger partial charge in [0, 0.05) is 32.5 Å². The fourth-order valence-electron chi connectivity index (χ4n) is 6.06. The molecule has 0 bridgehead atoms. The molecule has 3 atom stereocenters. The summed E-state index contributed by atoms with van der Waals surface area (Å²) in [6.45, 7) is -0.443. The van der Waals surface area contributed by atoms with Gasteiger partial charge in [0.25, 0.3) is 5.91 Å². The van der Waals surface area contributed by atoms with Crippen LogP contribution in [0.4, 0.5) is 24.5 Å². The van der Waals surface area contributed by atoms with Crippen molar-refractivity contribution in [3.63, 3.8) is 0 Å². The Morgan fingerprint density at radius 1 is 0.957 bits per heavy atom. The summed E-state index contributed by atoms with van der Waals surface area (Å²) < 4.78 is 47.9. The second-order valence-electron chi connectivity index (χ2n) is 10.8. The zero-order valence-corrected chi connectivity index (χ0v) is 26.2. The number of fused-ring (bicyclic) bond motifs is 3. The number of thioether (sulfide) groups is 1. The highest BCUT2D eigenvalue weighted by atomic mass is 35.5. The van der Waals surface area contributed by atoms with Crippen LogP contribution in [0.2, 0.25) is 5.02 Å². The number of H-pyrrole nitrogens is 1. The van der Waals surface area contributed by atoms with Gasteiger partial charge in [-0.3, -0.25) is 19.2 Å². The fourth-order valence-corrected chi connectivity index (χ4v) is 8.74. The normalized spacial score (nSPS) is 19.1. The molecular formula is C33H21ClF3N3O5S2. The van der Waals surface area contributed by atoms with Crippen molar-refractivity contribution in [3.8, 4) is 5.75 Å². The van der Waals surface area contributed by atoms with Crippen molar-refractivity contribution in [2.75, 3.05) is 16.8 Å². The number of carbonyl (C=O) groups is 3. The number of hydrogen-bond donors (Lipinski definition) is 2. The van der Waals surface area contributed by atoms with E-state index in [4.69, 9.17) is 16.3 Å². The van der Waals surface area contributed by atoms with E-state index in [1.165, 1.54) is 30.3 Å². The summed E-state index contributed by atoms with van der Waals surface area (Å²) in [7, 11) is 0. The minimum Gasteiger partial charge on any atom is -0.483 e. The summed E-state index contributed by atoms with van der Waals surface area (Å²) in [5.41, 5.74) is -0.826. The van der Waals surface area contributed by atoms with Gasteiger partial charge < -0.3 is 15.0 Å². The maximum Gasteiger partial charge on any atom is 0.418 e. The van der Waals surface area contributed by atoms with E-state index in [0.717, 1.165) is 46.0 Å². The first-order valence-corrected chi connectivity index (χ1v) is 16.2. The first-order chi connectivity index (χ1) is 22.5. The Morgan fingerprint density at radius 2 is 1.70 bits per heavy atom. The monoisotopic (exact) mass is 695 g/mol. The SMILES string of the molecule is O=C(COc1ccc(Cl)cc1C1c2sc(=O)[nH]c2SC2C(=O)N(c3ccccc3C(F)(F)F)C(=O)C21)Nc1cccc2ccccc12. The second-order valence-corrected chi connectivity index (χ2v) is 13.4. The quantitative estimate of drug-likeness (QED) is 0.184. The van der Waals surface area contributed by atoms with Crippen molar-refractivity contribution in [2.45, 2.75) is 22.4 Å². The number of ether oxygens (including phenoxy) is 1. The summed E-state index contributed by atoms with van der Waals surface area (Å²) in [6.07, 6.45) is -4.83. The minimum absolute atomic E-state index is 0.152. The van der Waals surface area contributed by atoms with Crippen molar-refractivity contribution >= 4 is 74.6 Å². The number of aromatic amines is 1. The highest BCUT2D eigenvalue weighted by molar-refractivity contribution is 8.00. The van der Waals surface area contributed by atoms with Crippen LogP contribution in [0.25, 0.3) is 10.8 Å². The lowest BCUT2D eigenvalue weighted by atomic mass is 9.82. The highest BCUT2D eigenvalue weighted by Crippen LogP contribution is 2.55.